The van der Waals surface area contributed by atoms with Gasteiger partial charge in [-0.25, -0.2) is 13.1 Å². The summed E-state index contributed by atoms with van der Waals surface area (Å²) in [6.45, 7) is 1.81. The predicted molar refractivity (Wildman–Crippen MR) is 67.0 cm³/mol. The normalized spacial score (nSPS) is 13.5. The number of nitrogen functional groups attached to an aromatic ring is 1. The molecular weight excluding hydrogens is 240 g/mol. The lowest BCUT2D eigenvalue weighted by molar-refractivity contribution is 0.279. The molecule has 6 heteroatoms. The summed E-state index contributed by atoms with van der Waals surface area (Å²) in [7, 11) is -3.58. The highest BCUT2D eigenvalue weighted by Gasteiger charge is 2.19. The summed E-state index contributed by atoms with van der Waals surface area (Å²) in [6, 6.07) is 6.10. The number of nitrogens with two attached hydrogens (primary N) is 1. The summed E-state index contributed by atoms with van der Waals surface area (Å²) < 4.78 is 26.5. The van der Waals surface area contributed by atoms with E-state index in [4.69, 9.17) is 10.8 Å². The topological polar surface area (TPSA) is 92.4 Å². The maximum Gasteiger partial charge on any atom is 0.242 e. The molecule has 0 saturated carbocycles. The van der Waals surface area contributed by atoms with Gasteiger partial charge < -0.3 is 10.8 Å². The molecule has 1 aromatic rings. The molecule has 1 unspecified atom stereocenters. The third-order valence-corrected chi connectivity index (χ3v) is 4.02. The van der Waals surface area contributed by atoms with Crippen molar-refractivity contribution in [2.24, 2.45) is 0 Å². The minimum absolute atomic E-state index is 0.0551. The molecule has 0 fully saturated rings. The second-order valence-electron chi connectivity index (χ2n) is 3.93. The Morgan fingerprint density at radius 3 is 2.65 bits per heavy atom. The highest BCUT2D eigenvalue weighted by atomic mass is 32.2. The lowest BCUT2D eigenvalue weighted by Gasteiger charge is -2.14. The number of para-hydroxylation sites is 1. The zero-order valence-electron chi connectivity index (χ0n) is 9.76. The van der Waals surface area contributed by atoms with E-state index >= 15 is 0 Å². The maximum atomic E-state index is 12.0. The van der Waals surface area contributed by atoms with Crippen LogP contribution in [0.3, 0.4) is 0 Å². The molecule has 1 aromatic carbocycles. The molecule has 0 amide bonds. The van der Waals surface area contributed by atoms with Crippen LogP contribution < -0.4 is 10.5 Å². The number of aliphatic hydroxyl groups excluding tert-OH is 1. The molecule has 0 aliphatic rings. The number of sulfonamides is 1. The molecule has 96 valence electrons. The van der Waals surface area contributed by atoms with E-state index in [-0.39, 0.29) is 23.2 Å². The third kappa shape index (κ3) is 3.99. The van der Waals surface area contributed by atoms with Crippen molar-refractivity contribution in [3.63, 3.8) is 0 Å². The molecule has 0 radical (unpaired) electrons. The summed E-state index contributed by atoms with van der Waals surface area (Å²) in [5.74, 6) is 0. The molecule has 0 spiro atoms. The monoisotopic (exact) mass is 258 g/mol. The summed E-state index contributed by atoms with van der Waals surface area (Å²) >= 11 is 0. The van der Waals surface area contributed by atoms with Crippen molar-refractivity contribution >= 4 is 15.7 Å². The molecule has 1 atom stereocenters. The Balaban J connectivity index is 2.79. The van der Waals surface area contributed by atoms with Crippen LogP contribution in [-0.4, -0.2) is 26.2 Å². The fourth-order valence-corrected chi connectivity index (χ4v) is 2.92. The summed E-state index contributed by atoms with van der Waals surface area (Å²) in [5, 5.41) is 8.68. The Morgan fingerprint density at radius 1 is 1.41 bits per heavy atom. The van der Waals surface area contributed by atoms with Gasteiger partial charge in [0, 0.05) is 12.6 Å². The van der Waals surface area contributed by atoms with Gasteiger partial charge in [-0.05, 0) is 31.9 Å². The molecule has 0 saturated heterocycles. The van der Waals surface area contributed by atoms with Crippen LogP contribution in [0.15, 0.2) is 29.2 Å². The first kappa shape index (κ1) is 14.0. The molecule has 5 nitrogen and oxygen atoms in total. The molecule has 0 aliphatic carbocycles. The van der Waals surface area contributed by atoms with Gasteiger partial charge in [-0.2, -0.15) is 0 Å². The molecule has 4 N–H and O–H groups in total. The van der Waals surface area contributed by atoms with E-state index in [0.29, 0.717) is 12.8 Å². The van der Waals surface area contributed by atoms with Crippen LogP contribution in [0.25, 0.3) is 0 Å². The Morgan fingerprint density at radius 2 is 2.06 bits per heavy atom. The van der Waals surface area contributed by atoms with Crippen molar-refractivity contribution in [3.05, 3.63) is 24.3 Å². The first-order valence-corrected chi connectivity index (χ1v) is 6.93. The van der Waals surface area contributed by atoms with Gasteiger partial charge in [0.05, 0.1) is 5.69 Å². The first-order chi connectivity index (χ1) is 7.97. The SMILES string of the molecule is CC(CCCO)NS(=O)(=O)c1ccccc1N. The predicted octanol–water partition coefficient (Wildman–Crippen LogP) is 0.708. The molecular formula is C11H18N2O3S. The highest BCUT2D eigenvalue weighted by molar-refractivity contribution is 7.89. The fraction of sp³-hybridized carbons (Fsp3) is 0.455. The lowest BCUT2D eigenvalue weighted by Crippen LogP contribution is -2.33. The smallest absolute Gasteiger partial charge is 0.242 e. The molecule has 17 heavy (non-hydrogen) atoms. The number of rotatable bonds is 6. The lowest BCUT2D eigenvalue weighted by atomic mass is 10.2. The second-order valence-corrected chi connectivity index (χ2v) is 5.61. The van der Waals surface area contributed by atoms with Crippen LogP contribution in [0.5, 0.6) is 0 Å². The first-order valence-electron chi connectivity index (χ1n) is 5.45. The average molecular weight is 258 g/mol. The number of nitrogens with one attached hydrogen (secondary N) is 1. The third-order valence-electron chi connectivity index (χ3n) is 2.36. The van der Waals surface area contributed by atoms with Crippen molar-refractivity contribution in [2.75, 3.05) is 12.3 Å². The molecule has 0 bridgehead atoms. The van der Waals surface area contributed by atoms with Crippen molar-refractivity contribution in [2.45, 2.75) is 30.7 Å². The Labute approximate surface area is 102 Å². The second kappa shape index (κ2) is 6.00. The molecule has 0 aliphatic heterocycles. The largest absolute Gasteiger partial charge is 0.398 e. The molecule has 0 heterocycles. The summed E-state index contributed by atoms with van der Waals surface area (Å²) in [6.07, 6.45) is 1.15. The van der Waals surface area contributed by atoms with Gasteiger partial charge in [-0.1, -0.05) is 12.1 Å². The fourth-order valence-electron chi connectivity index (χ4n) is 1.51. The van der Waals surface area contributed by atoms with Gasteiger partial charge in [-0.3, -0.25) is 0 Å². The minimum atomic E-state index is -3.58. The van der Waals surface area contributed by atoms with Crippen LogP contribution in [0.1, 0.15) is 19.8 Å². The molecule has 0 aromatic heterocycles. The Kier molecular flexibility index (Phi) is 4.92. The zero-order chi connectivity index (χ0) is 12.9. The van der Waals surface area contributed by atoms with E-state index in [9.17, 15) is 8.42 Å². The number of aliphatic hydroxyl groups is 1. The van der Waals surface area contributed by atoms with E-state index in [0.717, 1.165) is 0 Å². The number of hydrogen-bond donors (Lipinski definition) is 3. The van der Waals surface area contributed by atoms with Crippen LogP contribution in [-0.2, 0) is 10.0 Å². The number of anilines is 1. The summed E-state index contributed by atoms with van der Waals surface area (Å²) in [4.78, 5) is 0.0934. The van der Waals surface area contributed by atoms with E-state index in [1.807, 2.05) is 0 Å². The van der Waals surface area contributed by atoms with Gasteiger partial charge in [0.25, 0.3) is 0 Å². The van der Waals surface area contributed by atoms with Gasteiger partial charge in [-0.15, -0.1) is 0 Å². The van der Waals surface area contributed by atoms with Crippen molar-refractivity contribution in [3.8, 4) is 0 Å². The van der Waals surface area contributed by atoms with E-state index in [1.54, 1.807) is 25.1 Å². The van der Waals surface area contributed by atoms with Gasteiger partial charge in [0.2, 0.25) is 10.0 Å². The van der Waals surface area contributed by atoms with Crippen LogP contribution in [0.4, 0.5) is 5.69 Å². The zero-order valence-corrected chi connectivity index (χ0v) is 10.6. The van der Waals surface area contributed by atoms with E-state index < -0.39 is 10.0 Å². The summed E-state index contributed by atoms with van der Waals surface area (Å²) in [5.41, 5.74) is 5.85. The highest BCUT2D eigenvalue weighted by Crippen LogP contribution is 2.17. The van der Waals surface area contributed by atoms with Crippen LogP contribution in [0.2, 0.25) is 0 Å². The van der Waals surface area contributed by atoms with Crippen molar-refractivity contribution < 1.29 is 13.5 Å². The number of hydrogen-bond acceptors (Lipinski definition) is 4. The minimum Gasteiger partial charge on any atom is -0.398 e. The van der Waals surface area contributed by atoms with Gasteiger partial charge in [0.15, 0.2) is 0 Å². The average Bonchev–Trinajstić information content (AvgIpc) is 2.26. The van der Waals surface area contributed by atoms with Crippen LogP contribution in [0, 0.1) is 0 Å². The quantitative estimate of drug-likeness (QED) is 0.655. The molecule has 1 rings (SSSR count). The van der Waals surface area contributed by atoms with Gasteiger partial charge in [0.1, 0.15) is 4.90 Å². The van der Waals surface area contributed by atoms with Crippen molar-refractivity contribution in [1.29, 1.82) is 0 Å². The van der Waals surface area contributed by atoms with Gasteiger partial charge >= 0.3 is 0 Å². The Bertz CT molecular complexity index is 460. The Hall–Kier alpha value is -1.11. The van der Waals surface area contributed by atoms with Crippen LogP contribution >= 0.6 is 0 Å². The number of benzene rings is 1. The standard InChI is InChI=1S/C11H18N2O3S/c1-9(5-4-8-14)13-17(15,16)11-7-3-2-6-10(11)12/h2-3,6-7,9,13-14H,4-5,8,12H2,1H3. The van der Waals surface area contributed by atoms with Crippen molar-refractivity contribution in [1.82, 2.24) is 4.72 Å². The van der Waals surface area contributed by atoms with E-state index in [2.05, 4.69) is 4.72 Å². The van der Waals surface area contributed by atoms with E-state index in [1.165, 1.54) is 6.07 Å². The maximum absolute atomic E-state index is 12.0.